The summed E-state index contributed by atoms with van der Waals surface area (Å²) < 4.78 is 80.6. The van der Waals surface area contributed by atoms with E-state index in [1.54, 1.807) is 0 Å². The van der Waals surface area contributed by atoms with E-state index in [1.807, 2.05) is 0 Å². The molecule has 142 valence electrons. The number of hydrogen-bond donors (Lipinski definition) is 1. The van der Waals surface area contributed by atoms with Gasteiger partial charge in [0, 0.05) is 32.1 Å². The number of aliphatic hydroxyl groups excluding tert-OH is 1. The molecule has 0 aromatic rings. The van der Waals surface area contributed by atoms with E-state index in [1.165, 1.54) is 0 Å². The molecular formula is C15H17F6NO3. The second-order valence-corrected chi connectivity index (χ2v) is 7.45. The largest absolute Gasteiger partial charge is 0.384 e. The second kappa shape index (κ2) is 5.34. The van der Waals surface area contributed by atoms with Gasteiger partial charge in [-0.25, -0.2) is 26.3 Å². The van der Waals surface area contributed by atoms with E-state index < -0.39 is 92.1 Å². The molecule has 0 aromatic carbocycles. The Hall–Kier alpha value is -1.32. The van der Waals surface area contributed by atoms with Crippen LogP contribution in [0.5, 0.6) is 0 Å². The number of aliphatic hydroxyl groups is 1. The molecule has 3 rings (SSSR count). The lowest BCUT2D eigenvalue weighted by Gasteiger charge is -2.37. The number of halogens is 6. The van der Waals surface area contributed by atoms with E-state index >= 15 is 0 Å². The molecule has 1 heterocycles. The number of nitrogens with zero attached hydrogens (tertiary/aromatic N) is 1. The molecule has 3 fully saturated rings. The van der Waals surface area contributed by atoms with Crippen LogP contribution in [0.3, 0.4) is 0 Å². The van der Waals surface area contributed by atoms with E-state index in [-0.39, 0.29) is 0 Å². The van der Waals surface area contributed by atoms with E-state index in [2.05, 4.69) is 0 Å². The summed E-state index contributed by atoms with van der Waals surface area (Å²) in [5.74, 6) is -13.4. The highest BCUT2D eigenvalue weighted by atomic mass is 19.3. The van der Waals surface area contributed by atoms with Crippen molar-refractivity contribution >= 4 is 11.7 Å². The van der Waals surface area contributed by atoms with Crippen molar-refractivity contribution in [3.8, 4) is 0 Å². The summed E-state index contributed by atoms with van der Waals surface area (Å²) in [4.78, 5) is 24.6. The van der Waals surface area contributed by atoms with Gasteiger partial charge in [0.25, 0.3) is 17.8 Å². The molecule has 1 aliphatic heterocycles. The van der Waals surface area contributed by atoms with Crippen LogP contribution in [-0.4, -0.2) is 57.7 Å². The summed E-state index contributed by atoms with van der Waals surface area (Å²) in [6.45, 7) is -1.34. The van der Waals surface area contributed by atoms with Crippen molar-refractivity contribution < 1.29 is 41.0 Å². The lowest BCUT2D eigenvalue weighted by molar-refractivity contribution is -0.154. The average molecular weight is 373 g/mol. The highest BCUT2D eigenvalue weighted by Crippen LogP contribution is 2.54. The molecule has 2 saturated carbocycles. The third-order valence-electron chi connectivity index (χ3n) is 5.44. The van der Waals surface area contributed by atoms with Crippen molar-refractivity contribution in [2.24, 2.45) is 5.92 Å². The fraction of sp³-hybridized carbons (Fsp3) is 0.867. The van der Waals surface area contributed by atoms with E-state index in [0.717, 1.165) is 0 Å². The van der Waals surface area contributed by atoms with Crippen LogP contribution in [0.15, 0.2) is 0 Å². The Morgan fingerprint density at radius 1 is 1.00 bits per heavy atom. The van der Waals surface area contributed by atoms with Crippen LogP contribution in [0.1, 0.15) is 38.5 Å². The molecule has 0 radical (unpaired) electrons. The van der Waals surface area contributed by atoms with E-state index in [0.29, 0.717) is 4.90 Å². The van der Waals surface area contributed by atoms with Crippen LogP contribution in [0.2, 0.25) is 0 Å². The second-order valence-electron chi connectivity index (χ2n) is 7.45. The Morgan fingerprint density at radius 3 is 2.08 bits per heavy atom. The average Bonchev–Trinajstić information content (AvgIpc) is 2.86. The predicted molar refractivity (Wildman–Crippen MR) is 71.5 cm³/mol. The summed E-state index contributed by atoms with van der Waals surface area (Å²) in [6.07, 6.45) is -6.69. The minimum absolute atomic E-state index is 0.345. The van der Waals surface area contributed by atoms with Crippen LogP contribution in [0.25, 0.3) is 0 Å². The molecule has 0 aromatic heterocycles. The van der Waals surface area contributed by atoms with Crippen molar-refractivity contribution in [1.29, 1.82) is 0 Å². The first-order valence-electron chi connectivity index (χ1n) is 7.94. The van der Waals surface area contributed by atoms with Crippen molar-refractivity contribution in [2.45, 2.75) is 67.9 Å². The van der Waals surface area contributed by atoms with E-state index in [9.17, 15) is 41.0 Å². The summed E-state index contributed by atoms with van der Waals surface area (Å²) >= 11 is 0. The number of alkyl halides is 6. The first-order chi connectivity index (χ1) is 11.3. The molecule has 1 spiro atoms. The van der Waals surface area contributed by atoms with Crippen molar-refractivity contribution in [3.63, 3.8) is 0 Å². The zero-order valence-corrected chi connectivity index (χ0v) is 13.1. The SMILES string of the molecule is O=C(CC1CC(F)(F)C1)C(=O)N1CC(F)(F)[C@@H](O)[C@]12CCC(F)(F)C2. The number of carbonyl (C=O) groups excluding carboxylic acids is 2. The molecule has 0 bridgehead atoms. The Balaban J connectivity index is 1.77. The van der Waals surface area contributed by atoms with Crippen molar-refractivity contribution in [2.75, 3.05) is 6.54 Å². The molecule has 2 atom stereocenters. The molecule has 1 N–H and O–H groups in total. The summed E-state index contributed by atoms with van der Waals surface area (Å²) in [5, 5.41) is 9.86. The highest BCUT2D eigenvalue weighted by molar-refractivity contribution is 6.36. The topological polar surface area (TPSA) is 57.6 Å². The standard InChI is InChI=1S/C15H17F6NO3/c16-13(17)2-1-12(6-13)11(25)15(20,21)7-22(12)10(24)9(23)3-8-4-14(18,19)5-8/h8,11,25H,1-7H2/t11-,12+/m0/s1. The molecule has 25 heavy (non-hydrogen) atoms. The number of likely N-dealkylation sites (tertiary alicyclic amines) is 1. The van der Waals surface area contributed by atoms with Gasteiger partial charge in [-0.3, -0.25) is 9.59 Å². The third-order valence-corrected chi connectivity index (χ3v) is 5.44. The van der Waals surface area contributed by atoms with Gasteiger partial charge in [0.1, 0.15) is 6.10 Å². The van der Waals surface area contributed by atoms with Gasteiger partial charge >= 0.3 is 0 Å². The number of hydrogen-bond acceptors (Lipinski definition) is 3. The molecule has 0 unspecified atom stereocenters. The number of Topliss-reactive ketones (excluding diaryl/α,β-unsaturated/α-hetero) is 1. The van der Waals surface area contributed by atoms with Gasteiger partial charge in [-0.1, -0.05) is 0 Å². The Labute approximate surface area is 139 Å². The van der Waals surface area contributed by atoms with Gasteiger partial charge in [0.05, 0.1) is 12.1 Å². The van der Waals surface area contributed by atoms with Gasteiger partial charge in [0.15, 0.2) is 0 Å². The molecule has 1 amide bonds. The molecule has 1 saturated heterocycles. The maximum absolute atomic E-state index is 13.9. The Morgan fingerprint density at radius 2 is 1.60 bits per heavy atom. The Bertz CT molecular complexity index is 602. The lowest BCUT2D eigenvalue weighted by Crippen LogP contribution is -2.54. The normalized spacial score (nSPS) is 35.8. The van der Waals surface area contributed by atoms with Crippen molar-refractivity contribution in [1.82, 2.24) is 4.90 Å². The van der Waals surface area contributed by atoms with E-state index in [4.69, 9.17) is 0 Å². The first-order valence-corrected chi connectivity index (χ1v) is 7.94. The van der Waals surface area contributed by atoms with Gasteiger partial charge in [0.2, 0.25) is 11.7 Å². The van der Waals surface area contributed by atoms with Gasteiger partial charge in [-0.2, -0.15) is 0 Å². The van der Waals surface area contributed by atoms with Crippen LogP contribution >= 0.6 is 0 Å². The van der Waals surface area contributed by atoms with Crippen LogP contribution in [0, 0.1) is 5.92 Å². The minimum atomic E-state index is -3.82. The number of ketones is 1. The lowest BCUT2D eigenvalue weighted by atomic mass is 9.78. The summed E-state index contributed by atoms with van der Waals surface area (Å²) in [6, 6.07) is 0. The molecule has 2 aliphatic carbocycles. The molecule has 4 nitrogen and oxygen atoms in total. The monoisotopic (exact) mass is 373 g/mol. The minimum Gasteiger partial charge on any atom is -0.384 e. The maximum Gasteiger partial charge on any atom is 0.292 e. The fourth-order valence-corrected chi connectivity index (χ4v) is 4.19. The molecular weight excluding hydrogens is 356 g/mol. The summed E-state index contributed by atoms with van der Waals surface area (Å²) in [7, 11) is 0. The smallest absolute Gasteiger partial charge is 0.292 e. The van der Waals surface area contributed by atoms with Gasteiger partial charge in [-0.15, -0.1) is 0 Å². The third kappa shape index (κ3) is 3.02. The van der Waals surface area contributed by atoms with Crippen LogP contribution < -0.4 is 0 Å². The molecule has 3 aliphatic rings. The van der Waals surface area contributed by atoms with Crippen LogP contribution in [0.4, 0.5) is 26.3 Å². The quantitative estimate of drug-likeness (QED) is 0.611. The summed E-state index contributed by atoms with van der Waals surface area (Å²) in [5.41, 5.74) is -2.21. The number of amides is 1. The fourth-order valence-electron chi connectivity index (χ4n) is 4.19. The predicted octanol–water partition coefficient (Wildman–Crippen LogP) is 2.39. The van der Waals surface area contributed by atoms with Crippen LogP contribution in [-0.2, 0) is 9.59 Å². The maximum atomic E-state index is 13.9. The molecule has 10 heteroatoms. The number of carbonyl (C=O) groups is 2. The van der Waals surface area contributed by atoms with Gasteiger partial charge < -0.3 is 10.0 Å². The Kier molecular flexibility index (Phi) is 3.95. The first kappa shape index (κ1) is 18.5. The number of rotatable bonds is 3. The zero-order chi connectivity index (χ0) is 18.8. The zero-order valence-electron chi connectivity index (χ0n) is 13.1. The highest BCUT2D eigenvalue weighted by Gasteiger charge is 2.69. The van der Waals surface area contributed by atoms with Gasteiger partial charge in [-0.05, 0) is 12.3 Å². The van der Waals surface area contributed by atoms with Crippen molar-refractivity contribution in [3.05, 3.63) is 0 Å².